The van der Waals surface area contributed by atoms with Crippen LogP contribution < -0.4 is 0 Å². The summed E-state index contributed by atoms with van der Waals surface area (Å²) in [5, 5.41) is 20.0. The van der Waals surface area contributed by atoms with Gasteiger partial charge in [-0.2, -0.15) is 0 Å². The van der Waals surface area contributed by atoms with E-state index in [1.54, 1.807) is 0 Å². The van der Waals surface area contributed by atoms with E-state index in [1.807, 2.05) is 0 Å². The first-order valence-corrected chi connectivity index (χ1v) is 20.0. The summed E-state index contributed by atoms with van der Waals surface area (Å²) < 4.78 is 53.9. The highest BCUT2D eigenvalue weighted by atomic mass is 16.8. The summed E-state index contributed by atoms with van der Waals surface area (Å²) in [4.78, 5) is 14.0. The molecule has 0 aliphatic carbocycles. The number of hydrogen-bond acceptors (Lipinski definition) is 11. The van der Waals surface area contributed by atoms with Gasteiger partial charge in [-0.1, -0.05) is 27.0 Å². The maximum Gasteiger partial charge on any atom is 0.172 e. The Bertz CT molecular complexity index is 1360. The van der Waals surface area contributed by atoms with Crippen LogP contribution in [-0.4, -0.2) is 120 Å². The number of hydrogen-bond donors (Lipinski definition) is 2. The number of ketones is 1. The summed E-state index contributed by atoms with van der Waals surface area (Å²) in [6, 6.07) is 0. The molecule has 0 aromatic carbocycles. The smallest absolute Gasteiger partial charge is 0.172 e. The van der Waals surface area contributed by atoms with E-state index in [9.17, 15) is 15.0 Å². The highest BCUT2D eigenvalue weighted by Gasteiger charge is 2.68. The normalized spacial score (nSPS) is 53.2. The zero-order valence-corrected chi connectivity index (χ0v) is 30.3. The second-order valence-corrected chi connectivity index (χ2v) is 17.5. The molecule has 0 amide bonds. The molecule has 10 heterocycles. The van der Waals surface area contributed by atoms with Crippen LogP contribution in [0.2, 0.25) is 0 Å². The summed E-state index contributed by atoms with van der Waals surface area (Å²) in [5.41, 5.74) is 2.22. The van der Waals surface area contributed by atoms with Crippen molar-refractivity contribution >= 4 is 5.78 Å². The third kappa shape index (κ3) is 6.53. The second-order valence-electron chi connectivity index (χ2n) is 17.5. The molecule has 0 radical (unpaired) electrons. The lowest BCUT2D eigenvalue weighted by molar-refractivity contribution is -0.292. The molecule has 284 valence electrons. The Hall–Kier alpha value is -1.25. The third-order valence-corrected chi connectivity index (χ3v) is 14.1. The van der Waals surface area contributed by atoms with Gasteiger partial charge in [-0.05, 0) is 73.8 Å². The largest absolute Gasteiger partial charge is 0.394 e. The molecule has 1 spiro atoms. The Labute approximate surface area is 301 Å². The summed E-state index contributed by atoms with van der Waals surface area (Å²) in [6.45, 7) is 12.9. The zero-order valence-electron chi connectivity index (χ0n) is 30.3. The van der Waals surface area contributed by atoms with E-state index in [-0.39, 0.29) is 110 Å². The van der Waals surface area contributed by atoms with Gasteiger partial charge in [0.1, 0.15) is 36.3 Å². The maximum absolute atomic E-state index is 14.0. The van der Waals surface area contributed by atoms with Crippen LogP contribution in [0.5, 0.6) is 0 Å². The highest BCUT2D eigenvalue weighted by molar-refractivity contribution is 5.79. The number of carbonyl (C=O) groups is 1. The molecule has 0 aromatic rings. The molecule has 12 bridgehead atoms. The van der Waals surface area contributed by atoms with Crippen LogP contribution in [0.25, 0.3) is 0 Å². The maximum atomic E-state index is 14.0. The second kappa shape index (κ2) is 13.8. The van der Waals surface area contributed by atoms with Gasteiger partial charge in [-0.15, -0.1) is 0 Å². The summed E-state index contributed by atoms with van der Waals surface area (Å²) in [7, 11) is 0. The van der Waals surface area contributed by atoms with Crippen LogP contribution in [0.3, 0.4) is 0 Å². The average molecular weight is 715 g/mol. The van der Waals surface area contributed by atoms with Crippen LogP contribution in [0.15, 0.2) is 24.3 Å². The number of ether oxygens (including phenoxy) is 8. The van der Waals surface area contributed by atoms with Gasteiger partial charge in [0.05, 0.1) is 67.6 Å². The molecule has 19 atom stereocenters. The minimum absolute atomic E-state index is 0.00894. The average Bonchev–Trinajstić information content (AvgIpc) is 3.77. The van der Waals surface area contributed by atoms with E-state index in [4.69, 9.17) is 37.9 Å². The monoisotopic (exact) mass is 714 g/mol. The van der Waals surface area contributed by atoms with Crippen LogP contribution in [0.1, 0.15) is 97.3 Å². The van der Waals surface area contributed by atoms with Crippen molar-refractivity contribution in [2.24, 2.45) is 17.8 Å². The first-order valence-electron chi connectivity index (χ1n) is 20.0. The number of carbonyl (C=O) groups excluding carboxylic acids is 1. The quantitative estimate of drug-likeness (QED) is 0.410. The number of fused-ring (bicyclic) bond motifs is 6. The van der Waals surface area contributed by atoms with Crippen molar-refractivity contribution in [2.75, 3.05) is 6.61 Å². The number of Topliss-reactive ketones (excluding diaryl/α,β-unsaturated/α-hetero) is 1. The predicted octanol–water partition coefficient (Wildman–Crippen LogP) is 4.09. The predicted molar refractivity (Wildman–Crippen MR) is 183 cm³/mol. The van der Waals surface area contributed by atoms with E-state index >= 15 is 0 Å². The molecule has 0 aromatic heterocycles. The van der Waals surface area contributed by atoms with Crippen molar-refractivity contribution in [3.8, 4) is 0 Å². The van der Waals surface area contributed by atoms with Crippen molar-refractivity contribution in [3.63, 3.8) is 0 Å². The van der Waals surface area contributed by atoms with Gasteiger partial charge in [0.25, 0.3) is 0 Å². The summed E-state index contributed by atoms with van der Waals surface area (Å²) in [6.07, 6.45) is 5.65. The Morgan fingerprint density at radius 1 is 0.745 bits per heavy atom. The minimum Gasteiger partial charge on any atom is -0.394 e. The SMILES string of the molecule is C=C1C[C@@H]2CC[C@@]34C[C@H]5OC6[C@@H](O[C@H]7CCC(CC(=O)C[C@@H]8[C@@H](C)[C@@H](C[C@H](O)CO)O[C@H]8CC8O[C@@H](CCC1O2)C[C@@H](C)C8=C)O[C@@H]7[C@@H]6O3)[C@H]5O4. The van der Waals surface area contributed by atoms with Crippen molar-refractivity contribution in [1.82, 2.24) is 0 Å². The van der Waals surface area contributed by atoms with Crippen LogP contribution in [-0.2, 0) is 42.7 Å². The molecule has 10 aliphatic rings. The van der Waals surface area contributed by atoms with Crippen molar-refractivity contribution in [1.29, 1.82) is 0 Å². The Kier molecular flexibility index (Phi) is 9.59. The molecule has 11 nitrogen and oxygen atoms in total. The fraction of sp³-hybridized carbons (Fsp3) is 0.875. The molecular weight excluding hydrogens is 656 g/mol. The van der Waals surface area contributed by atoms with E-state index in [0.29, 0.717) is 44.4 Å². The Balaban J connectivity index is 0.986. The lowest BCUT2D eigenvalue weighted by Gasteiger charge is -2.47. The Morgan fingerprint density at radius 3 is 2.33 bits per heavy atom. The summed E-state index contributed by atoms with van der Waals surface area (Å²) >= 11 is 0. The molecule has 10 rings (SSSR count). The fourth-order valence-corrected chi connectivity index (χ4v) is 11.3. The van der Waals surface area contributed by atoms with Gasteiger partial charge in [0.2, 0.25) is 0 Å². The van der Waals surface area contributed by atoms with E-state index in [1.165, 1.54) is 0 Å². The van der Waals surface area contributed by atoms with Crippen LogP contribution in [0, 0.1) is 17.8 Å². The van der Waals surface area contributed by atoms with Crippen LogP contribution >= 0.6 is 0 Å². The number of aliphatic hydroxyl groups excluding tert-OH is 2. The molecule has 2 N–H and O–H groups in total. The first kappa shape index (κ1) is 35.5. The van der Waals surface area contributed by atoms with E-state index in [2.05, 4.69) is 27.0 Å². The first-order chi connectivity index (χ1) is 24.6. The van der Waals surface area contributed by atoms with Gasteiger partial charge >= 0.3 is 0 Å². The molecule has 4 unspecified atom stereocenters. The number of rotatable bonds is 3. The van der Waals surface area contributed by atoms with Crippen molar-refractivity contribution in [3.05, 3.63) is 24.3 Å². The standard InChI is InChI=1S/C40H58O11/c1-19-11-25-5-7-29-20(2)12-27(44-29)9-10-40-17-34-36(50-40)37-38(49-34)39(51-40)35-30(48-37)8-6-26(46-35)13-23(42)14-28-22(4)31(15-24(43)18-41)47-33(28)16-32(45-25)21(19)3/h19,22,24-39,41,43H,2-3,5-18H2,1,4H3/t19-,22-,24+,25+,26?,27+,28-,29?,30+,31-,32?,33+,34-,35+,36+,37+,38?,39+,40+/m1/s1. The summed E-state index contributed by atoms with van der Waals surface area (Å²) in [5.74, 6) is -0.367. The van der Waals surface area contributed by atoms with E-state index < -0.39 is 11.9 Å². The Morgan fingerprint density at radius 2 is 1.49 bits per heavy atom. The van der Waals surface area contributed by atoms with Gasteiger partial charge < -0.3 is 48.1 Å². The van der Waals surface area contributed by atoms with E-state index in [0.717, 1.165) is 56.1 Å². The topological polar surface area (TPSA) is 131 Å². The molecule has 11 heteroatoms. The molecule has 10 fully saturated rings. The molecular formula is C40H58O11. The lowest BCUT2D eigenvalue weighted by atomic mass is 9.79. The van der Waals surface area contributed by atoms with Gasteiger partial charge in [0, 0.05) is 38.5 Å². The van der Waals surface area contributed by atoms with Crippen molar-refractivity contribution in [2.45, 2.75) is 195 Å². The van der Waals surface area contributed by atoms with Gasteiger partial charge in [-0.3, -0.25) is 4.79 Å². The number of aliphatic hydroxyl groups is 2. The molecule has 10 aliphatic heterocycles. The minimum atomic E-state index is -0.872. The lowest BCUT2D eigenvalue weighted by Crippen LogP contribution is -2.61. The van der Waals surface area contributed by atoms with Crippen LogP contribution in [0.4, 0.5) is 0 Å². The fourth-order valence-electron chi connectivity index (χ4n) is 11.3. The molecule has 51 heavy (non-hydrogen) atoms. The van der Waals surface area contributed by atoms with Gasteiger partial charge in [-0.25, -0.2) is 0 Å². The van der Waals surface area contributed by atoms with Gasteiger partial charge in [0.15, 0.2) is 5.79 Å². The highest BCUT2D eigenvalue weighted by Crippen LogP contribution is 2.54. The van der Waals surface area contributed by atoms with Crippen molar-refractivity contribution < 1.29 is 52.9 Å². The molecule has 0 saturated carbocycles. The zero-order chi connectivity index (χ0) is 35.2. The third-order valence-electron chi connectivity index (χ3n) is 14.1. The molecule has 10 saturated heterocycles.